The fourth-order valence-electron chi connectivity index (χ4n) is 3.39. The summed E-state index contributed by atoms with van der Waals surface area (Å²) in [5.41, 5.74) is 3.24. The smallest absolute Gasteiger partial charge is 0.317 e. The Morgan fingerprint density at radius 2 is 2.04 bits per heavy atom. The van der Waals surface area contributed by atoms with E-state index in [2.05, 4.69) is 10.4 Å². The summed E-state index contributed by atoms with van der Waals surface area (Å²) >= 11 is 0. The van der Waals surface area contributed by atoms with E-state index < -0.39 is 5.97 Å². The highest BCUT2D eigenvalue weighted by atomic mass is 16.4. The van der Waals surface area contributed by atoms with Gasteiger partial charge in [-0.1, -0.05) is 6.92 Å². The zero-order chi connectivity index (χ0) is 17.9. The van der Waals surface area contributed by atoms with Crippen LogP contribution in [0.15, 0.2) is 0 Å². The third-order valence-electron chi connectivity index (χ3n) is 5.00. The third-order valence-corrected chi connectivity index (χ3v) is 5.00. The average Bonchev–Trinajstić information content (AvgIpc) is 2.71. The van der Waals surface area contributed by atoms with E-state index in [9.17, 15) is 9.59 Å². The molecule has 0 saturated heterocycles. The second-order valence-corrected chi connectivity index (χ2v) is 6.62. The van der Waals surface area contributed by atoms with Crippen LogP contribution in [0.5, 0.6) is 0 Å². The minimum atomic E-state index is -0.799. The van der Waals surface area contributed by atoms with E-state index >= 15 is 0 Å². The number of likely N-dealkylation sites (N-methyl/N-ethyl adjacent to an activating group) is 1. The molecule has 1 fully saturated rings. The number of carbonyl (C=O) groups excluding carboxylic acids is 1. The van der Waals surface area contributed by atoms with Gasteiger partial charge in [0.2, 0.25) is 5.91 Å². The van der Waals surface area contributed by atoms with Gasteiger partial charge < -0.3 is 10.4 Å². The summed E-state index contributed by atoms with van der Waals surface area (Å²) in [7, 11) is 1.91. The molecule has 0 bridgehead atoms. The Morgan fingerprint density at radius 3 is 2.54 bits per heavy atom. The molecule has 2 N–H and O–H groups in total. The lowest BCUT2D eigenvalue weighted by atomic mass is 9.85. The van der Waals surface area contributed by atoms with Crippen LogP contribution in [-0.2, 0) is 23.1 Å². The second kappa shape index (κ2) is 7.79. The largest absolute Gasteiger partial charge is 0.480 e. The second-order valence-electron chi connectivity index (χ2n) is 6.62. The SMILES string of the molecule is CCN(CC(=O)O)C1CC(NC(=O)CCc2c(C)nn(C)c2C)C1. The number of nitrogens with zero attached hydrogens (tertiary/aromatic N) is 3. The van der Waals surface area contributed by atoms with Gasteiger partial charge in [-0.2, -0.15) is 5.10 Å². The molecule has 0 radical (unpaired) electrons. The van der Waals surface area contributed by atoms with Gasteiger partial charge in [0.25, 0.3) is 0 Å². The summed E-state index contributed by atoms with van der Waals surface area (Å²) in [5, 5.41) is 16.3. The molecule has 1 saturated carbocycles. The summed E-state index contributed by atoms with van der Waals surface area (Å²) in [4.78, 5) is 24.9. The average molecular weight is 336 g/mol. The van der Waals surface area contributed by atoms with Gasteiger partial charge in [-0.25, -0.2) is 0 Å². The Morgan fingerprint density at radius 1 is 1.38 bits per heavy atom. The van der Waals surface area contributed by atoms with Crippen molar-refractivity contribution in [3.8, 4) is 0 Å². The highest BCUT2D eigenvalue weighted by Gasteiger charge is 2.34. The Kier molecular flexibility index (Phi) is 5.99. The first-order chi connectivity index (χ1) is 11.3. The molecule has 1 aromatic heterocycles. The van der Waals surface area contributed by atoms with Crippen molar-refractivity contribution in [2.45, 2.75) is 58.5 Å². The van der Waals surface area contributed by atoms with E-state index in [-0.39, 0.29) is 24.5 Å². The maximum absolute atomic E-state index is 12.1. The number of nitrogens with one attached hydrogen (secondary N) is 1. The molecular weight excluding hydrogens is 308 g/mol. The van der Waals surface area contributed by atoms with E-state index in [1.165, 1.54) is 0 Å². The topological polar surface area (TPSA) is 87.5 Å². The van der Waals surface area contributed by atoms with Crippen LogP contribution in [0.3, 0.4) is 0 Å². The summed E-state index contributed by atoms with van der Waals surface area (Å²) in [6.45, 7) is 6.75. The van der Waals surface area contributed by atoms with Crippen molar-refractivity contribution >= 4 is 11.9 Å². The highest BCUT2D eigenvalue weighted by Crippen LogP contribution is 2.25. The van der Waals surface area contributed by atoms with Crippen molar-refractivity contribution in [3.05, 3.63) is 17.0 Å². The number of rotatable bonds is 8. The predicted octanol–water partition coefficient (Wildman–Crippen LogP) is 1.02. The van der Waals surface area contributed by atoms with Crippen molar-refractivity contribution < 1.29 is 14.7 Å². The molecular formula is C17H28N4O3. The van der Waals surface area contributed by atoms with Crippen LogP contribution in [0.25, 0.3) is 0 Å². The van der Waals surface area contributed by atoms with Crippen LogP contribution in [-0.4, -0.2) is 56.8 Å². The first kappa shape index (κ1) is 18.4. The van der Waals surface area contributed by atoms with Crippen LogP contribution >= 0.6 is 0 Å². The Labute approximate surface area is 143 Å². The van der Waals surface area contributed by atoms with Crippen molar-refractivity contribution in [1.82, 2.24) is 20.0 Å². The molecule has 1 heterocycles. The number of aliphatic carboxylic acids is 1. The molecule has 0 aliphatic heterocycles. The summed E-state index contributed by atoms with van der Waals surface area (Å²) in [6.07, 6.45) is 2.82. The quantitative estimate of drug-likeness (QED) is 0.740. The van der Waals surface area contributed by atoms with Gasteiger partial charge in [0.05, 0.1) is 12.2 Å². The number of hydrogen-bond donors (Lipinski definition) is 2. The molecule has 7 heteroatoms. The summed E-state index contributed by atoms with van der Waals surface area (Å²) in [6, 6.07) is 0.431. The van der Waals surface area contributed by atoms with E-state index in [4.69, 9.17) is 5.11 Å². The fraction of sp³-hybridized carbons (Fsp3) is 0.706. The van der Waals surface area contributed by atoms with Gasteiger partial charge in [-0.05, 0) is 45.2 Å². The number of carbonyl (C=O) groups is 2. The molecule has 2 rings (SSSR count). The molecule has 1 amide bonds. The summed E-state index contributed by atoms with van der Waals surface area (Å²) in [5.74, 6) is -0.742. The molecule has 1 aromatic rings. The van der Waals surface area contributed by atoms with Gasteiger partial charge in [-0.3, -0.25) is 19.2 Å². The molecule has 0 atom stereocenters. The van der Waals surface area contributed by atoms with Gasteiger partial charge >= 0.3 is 5.97 Å². The summed E-state index contributed by atoms with van der Waals surface area (Å²) < 4.78 is 1.85. The number of aryl methyl sites for hydroxylation is 2. The number of carboxylic acids is 1. The van der Waals surface area contributed by atoms with Crippen molar-refractivity contribution in [1.29, 1.82) is 0 Å². The Hall–Kier alpha value is -1.89. The van der Waals surface area contributed by atoms with Crippen molar-refractivity contribution in [2.24, 2.45) is 7.05 Å². The van der Waals surface area contributed by atoms with Crippen LogP contribution in [0.1, 0.15) is 43.1 Å². The number of aromatic nitrogens is 2. The fourth-order valence-corrected chi connectivity index (χ4v) is 3.39. The first-order valence-electron chi connectivity index (χ1n) is 8.56. The predicted molar refractivity (Wildman–Crippen MR) is 90.8 cm³/mol. The van der Waals surface area contributed by atoms with Crippen molar-refractivity contribution in [3.63, 3.8) is 0 Å². The number of carboxylic acid groups (broad SMARTS) is 1. The highest BCUT2D eigenvalue weighted by molar-refractivity contribution is 5.76. The van der Waals surface area contributed by atoms with E-state index in [0.29, 0.717) is 12.8 Å². The third kappa shape index (κ3) is 4.35. The normalized spacial score (nSPS) is 20.0. The van der Waals surface area contributed by atoms with E-state index in [0.717, 1.165) is 36.3 Å². The Bertz CT molecular complexity index is 605. The van der Waals surface area contributed by atoms with Crippen molar-refractivity contribution in [2.75, 3.05) is 13.1 Å². The molecule has 24 heavy (non-hydrogen) atoms. The zero-order valence-corrected chi connectivity index (χ0v) is 15.0. The monoisotopic (exact) mass is 336 g/mol. The number of amides is 1. The van der Waals surface area contributed by atoms with Crippen LogP contribution in [0.4, 0.5) is 0 Å². The lowest BCUT2D eigenvalue weighted by Gasteiger charge is -2.42. The first-order valence-corrected chi connectivity index (χ1v) is 8.56. The van der Waals surface area contributed by atoms with E-state index in [1.54, 1.807) is 0 Å². The van der Waals surface area contributed by atoms with Gasteiger partial charge in [-0.15, -0.1) is 0 Å². The standard InChI is InChI=1S/C17H28N4O3/c1-5-21(10-17(23)24)14-8-13(9-14)18-16(22)7-6-15-11(2)19-20(4)12(15)3/h13-14H,5-10H2,1-4H3,(H,18,22)(H,23,24). The molecule has 0 aromatic carbocycles. The minimum absolute atomic E-state index is 0.0578. The zero-order valence-electron chi connectivity index (χ0n) is 15.0. The van der Waals surface area contributed by atoms with Gasteiger partial charge in [0.1, 0.15) is 0 Å². The molecule has 1 aliphatic carbocycles. The molecule has 7 nitrogen and oxygen atoms in total. The molecule has 1 aliphatic rings. The maximum Gasteiger partial charge on any atom is 0.317 e. The van der Waals surface area contributed by atoms with Gasteiger partial charge in [0.15, 0.2) is 0 Å². The Balaban J connectivity index is 1.74. The molecule has 0 unspecified atom stereocenters. The minimum Gasteiger partial charge on any atom is -0.480 e. The molecule has 134 valence electrons. The molecule has 0 spiro atoms. The van der Waals surface area contributed by atoms with Gasteiger partial charge in [0, 0.05) is 31.2 Å². The maximum atomic E-state index is 12.1. The lowest BCUT2D eigenvalue weighted by molar-refractivity contribution is -0.139. The number of hydrogen-bond acceptors (Lipinski definition) is 4. The van der Waals surface area contributed by atoms with Crippen LogP contribution < -0.4 is 5.32 Å². The van der Waals surface area contributed by atoms with E-state index in [1.807, 2.05) is 37.4 Å². The van der Waals surface area contributed by atoms with Crippen LogP contribution in [0.2, 0.25) is 0 Å². The lowest BCUT2D eigenvalue weighted by Crippen LogP contribution is -2.54. The van der Waals surface area contributed by atoms with Crippen LogP contribution in [0, 0.1) is 13.8 Å².